The molecule has 0 aliphatic rings. The van der Waals surface area contributed by atoms with E-state index >= 15 is 0 Å². The zero-order valence-electron chi connectivity index (χ0n) is 11.3. The number of halogens is 1. The maximum Gasteiger partial charge on any atom is 0.287 e. The van der Waals surface area contributed by atoms with Gasteiger partial charge in [0, 0.05) is 12.1 Å². The quantitative estimate of drug-likeness (QED) is 0.672. The number of nitro groups is 1. The summed E-state index contributed by atoms with van der Waals surface area (Å²) in [6.45, 7) is 3.67. The molecule has 0 unspecified atom stereocenters. The Hall–Kier alpha value is -2.29. The number of anilines is 1. The van der Waals surface area contributed by atoms with Gasteiger partial charge in [-0.05, 0) is 29.8 Å². The second-order valence-corrected chi connectivity index (χ2v) is 5.33. The number of carbonyl (C=O) groups excluding carboxylic acids is 1. The summed E-state index contributed by atoms with van der Waals surface area (Å²) in [5.74, 6) is -0.212. The van der Waals surface area contributed by atoms with Gasteiger partial charge in [-0.1, -0.05) is 0 Å². The normalized spacial score (nSPS) is 10.7. The summed E-state index contributed by atoms with van der Waals surface area (Å²) in [5.41, 5.74) is 0.0668. The van der Waals surface area contributed by atoms with Crippen LogP contribution in [0.4, 0.5) is 11.5 Å². The first kappa shape index (κ1) is 15.1. The van der Waals surface area contributed by atoms with Gasteiger partial charge in [-0.2, -0.15) is 0 Å². The van der Waals surface area contributed by atoms with Crippen LogP contribution in [0.25, 0.3) is 0 Å². The molecule has 2 aromatic heterocycles. The molecule has 110 valence electrons. The van der Waals surface area contributed by atoms with Crippen LogP contribution in [0.2, 0.25) is 0 Å². The average Bonchev–Trinajstić information content (AvgIpc) is 2.87. The van der Waals surface area contributed by atoms with Crippen molar-refractivity contribution in [3.05, 3.63) is 45.1 Å². The van der Waals surface area contributed by atoms with Crippen molar-refractivity contribution in [2.45, 2.75) is 19.9 Å². The fourth-order valence-electron chi connectivity index (χ4n) is 1.73. The second kappa shape index (κ2) is 6.00. The lowest BCUT2D eigenvalue weighted by molar-refractivity contribution is -0.384. The van der Waals surface area contributed by atoms with Gasteiger partial charge < -0.3 is 9.88 Å². The fraction of sp³-hybridized carbons (Fsp3) is 0.250. The third-order valence-corrected chi connectivity index (χ3v) is 3.11. The molecule has 1 amide bonds. The Bertz CT molecular complexity index is 681. The summed E-state index contributed by atoms with van der Waals surface area (Å²) in [4.78, 5) is 30.5. The van der Waals surface area contributed by atoms with Gasteiger partial charge in [-0.3, -0.25) is 14.9 Å². The molecule has 2 aromatic rings. The molecule has 1 N–H and O–H groups in total. The minimum atomic E-state index is -0.533. The zero-order chi connectivity index (χ0) is 15.6. The van der Waals surface area contributed by atoms with E-state index in [0.717, 1.165) is 0 Å². The van der Waals surface area contributed by atoms with Crippen molar-refractivity contribution in [3.8, 4) is 0 Å². The Morgan fingerprint density at radius 2 is 2.14 bits per heavy atom. The number of rotatable bonds is 4. The number of nitrogens with one attached hydrogen (secondary N) is 1. The molecular weight excluding hydrogens is 342 g/mol. The minimum absolute atomic E-state index is 0.0875. The number of amides is 1. The van der Waals surface area contributed by atoms with Crippen LogP contribution in [0.15, 0.2) is 29.3 Å². The Kier molecular flexibility index (Phi) is 4.32. The van der Waals surface area contributed by atoms with E-state index in [9.17, 15) is 14.9 Å². The van der Waals surface area contributed by atoms with E-state index in [-0.39, 0.29) is 23.2 Å². The number of hydrogen-bond donors (Lipinski definition) is 1. The van der Waals surface area contributed by atoms with Crippen LogP contribution in [0.3, 0.4) is 0 Å². The summed E-state index contributed by atoms with van der Waals surface area (Å²) in [5, 5.41) is 13.4. The SMILES string of the molecule is CC(C)n1cc([N+](=O)[O-])cc1C(=O)Nc1cnc(Br)cn1. The summed E-state index contributed by atoms with van der Waals surface area (Å²) < 4.78 is 2.08. The van der Waals surface area contributed by atoms with E-state index in [1.54, 1.807) is 4.57 Å². The molecule has 2 rings (SSSR count). The highest BCUT2D eigenvalue weighted by atomic mass is 79.9. The van der Waals surface area contributed by atoms with Gasteiger partial charge in [0.1, 0.15) is 10.3 Å². The maximum absolute atomic E-state index is 12.2. The van der Waals surface area contributed by atoms with Crippen molar-refractivity contribution in [2.75, 3.05) is 5.32 Å². The van der Waals surface area contributed by atoms with Gasteiger partial charge in [0.05, 0.1) is 23.5 Å². The van der Waals surface area contributed by atoms with E-state index in [4.69, 9.17) is 0 Å². The molecule has 0 spiro atoms. The van der Waals surface area contributed by atoms with Crippen molar-refractivity contribution >= 4 is 33.3 Å². The molecule has 0 aromatic carbocycles. The molecule has 0 saturated carbocycles. The molecule has 0 atom stereocenters. The fourth-order valence-corrected chi connectivity index (χ4v) is 1.94. The standard InChI is InChI=1S/C12H12BrN5O3/c1-7(2)17-6-8(18(20)21)3-9(17)12(19)16-11-5-14-10(13)4-15-11/h3-7H,1-2H3,(H,15,16,19). The second-order valence-electron chi connectivity index (χ2n) is 4.52. The van der Waals surface area contributed by atoms with Gasteiger partial charge in [0.25, 0.3) is 11.6 Å². The first-order chi connectivity index (χ1) is 9.88. The monoisotopic (exact) mass is 353 g/mol. The number of nitrogens with zero attached hydrogens (tertiary/aromatic N) is 4. The third-order valence-electron chi connectivity index (χ3n) is 2.70. The maximum atomic E-state index is 12.2. The number of hydrogen-bond acceptors (Lipinski definition) is 5. The lowest BCUT2D eigenvalue weighted by atomic mass is 10.3. The summed E-state index contributed by atoms with van der Waals surface area (Å²) in [7, 11) is 0. The molecule has 0 radical (unpaired) electrons. The highest BCUT2D eigenvalue weighted by molar-refractivity contribution is 9.10. The van der Waals surface area contributed by atoms with Gasteiger partial charge in [0.15, 0.2) is 5.82 Å². The zero-order valence-corrected chi connectivity index (χ0v) is 12.9. The van der Waals surface area contributed by atoms with E-state index in [0.29, 0.717) is 4.60 Å². The van der Waals surface area contributed by atoms with Crippen LogP contribution in [-0.2, 0) is 0 Å². The lowest BCUT2D eigenvalue weighted by Crippen LogP contribution is -2.18. The Balaban J connectivity index is 2.29. The van der Waals surface area contributed by atoms with Gasteiger partial charge in [-0.15, -0.1) is 0 Å². The Labute approximate surface area is 128 Å². The first-order valence-corrected chi connectivity index (χ1v) is 6.83. The van der Waals surface area contributed by atoms with Crippen molar-refractivity contribution in [3.63, 3.8) is 0 Å². The molecule has 8 nitrogen and oxygen atoms in total. The highest BCUT2D eigenvalue weighted by Crippen LogP contribution is 2.21. The predicted molar refractivity (Wildman–Crippen MR) is 79.2 cm³/mol. The Morgan fingerprint density at radius 1 is 1.43 bits per heavy atom. The summed E-state index contributed by atoms with van der Waals surface area (Å²) in [6, 6.07) is 1.15. The Morgan fingerprint density at radius 3 is 2.67 bits per heavy atom. The van der Waals surface area contributed by atoms with Crippen LogP contribution in [0, 0.1) is 10.1 Å². The highest BCUT2D eigenvalue weighted by Gasteiger charge is 2.21. The molecule has 0 aliphatic carbocycles. The smallest absolute Gasteiger partial charge is 0.287 e. The summed E-state index contributed by atoms with van der Waals surface area (Å²) in [6.07, 6.45) is 4.17. The predicted octanol–water partition coefficient (Wildman–Crippen LogP) is 2.78. The molecule has 0 bridgehead atoms. The number of aromatic nitrogens is 3. The van der Waals surface area contributed by atoms with Crippen LogP contribution in [0.1, 0.15) is 30.4 Å². The van der Waals surface area contributed by atoms with Crippen LogP contribution < -0.4 is 5.32 Å². The molecule has 21 heavy (non-hydrogen) atoms. The topological polar surface area (TPSA) is 103 Å². The van der Waals surface area contributed by atoms with Gasteiger partial charge >= 0.3 is 0 Å². The van der Waals surface area contributed by atoms with Crippen molar-refractivity contribution < 1.29 is 9.72 Å². The first-order valence-electron chi connectivity index (χ1n) is 6.03. The summed E-state index contributed by atoms with van der Waals surface area (Å²) >= 11 is 3.14. The average molecular weight is 354 g/mol. The third kappa shape index (κ3) is 3.43. The van der Waals surface area contributed by atoms with Crippen molar-refractivity contribution in [1.82, 2.24) is 14.5 Å². The van der Waals surface area contributed by atoms with Gasteiger partial charge in [-0.25, -0.2) is 9.97 Å². The van der Waals surface area contributed by atoms with Crippen molar-refractivity contribution in [1.29, 1.82) is 0 Å². The minimum Gasteiger partial charge on any atom is -0.335 e. The molecule has 0 saturated heterocycles. The van der Waals surface area contributed by atoms with E-state index in [1.807, 2.05) is 13.8 Å². The van der Waals surface area contributed by atoms with Crippen LogP contribution >= 0.6 is 15.9 Å². The molecule has 0 aliphatic heterocycles. The molecular formula is C12H12BrN5O3. The van der Waals surface area contributed by atoms with Crippen LogP contribution in [-0.4, -0.2) is 25.4 Å². The number of carbonyl (C=O) groups is 1. The lowest BCUT2D eigenvalue weighted by Gasteiger charge is -2.11. The molecule has 2 heterocycles. The van der Waals surface area contributed by atoms with E-state index in [2.05, 4.69) is 31.2 Å². The largest absolute Gasteiger partial charge is 0.335 e. The van der Waals surface area contributed by atoms with E-state index in [1.165, 1.54) is 24.7 Å². The van der Waals surface area contributed by atoms with Crippen molar-refractivity contribution in [2.24, 2.45) is 0 Å². The molecule has 9 heteroatoms. The molecule has 0 fully saturated rings. The van der Waals surface area contributed by atoms with Gasteiger partial charge in [0.2, 0.25) is 0 Å². The van der Waals surface area contributed by atoms with E-state index < -0.39 is 10.8 Å². The van der Waals surface area contributed by atoms with Crippen LogP contribution in [0.5, 0.6) is 0 Å².